The lowest BCUT2D eigenvalue weighted by Crippen LogP contribution is -2.51. The van der Waals surface area contributed by atoms with Crippen LogP contribution in [0.1, 0.15) is 75.3 Å². The SMILES string of the molecule is CC(=O)N1CCC[C@H](c2ccccc2CC2(C(N)=O)CCN(C(=O)C3CCCC3)CC2)C1. The minimum Gasteiger partial charge on any atom is -0.369 e. The molecule has 1 aromatic rings. The van der Waals surface area contributed by atoms with Crippen LogP contribution in [0.25, 0.3) is 0 Å². The predicted octanol–water partition coefficient (Wildman–Crippen LogP) is 3.24. The van der Waals surface area contributed by atoms with Crippen LogP contribution >= 0.6 is 0 Å². The minimum atomic E-state index is -0.614. The van der Waals surface area contributed by atoms with Gasteiger partial charge in [0.05, 0.1) is 5.41 Å². The molecule has 2 saturated heterocycles. The first-order chi connectivity index (χ1) is 15.4. The zero-order valence-corrected chi connectivity index (χ0v) is 19.4. The summed E-state index contributed by atoms with van der Waals surface area (Å²) in [5.41, 5.74) is 7.78. The normalized spacial score (nSPS) is 23.8. The van der Waals surface area contributed by atoms with Crippen LogP contribution in [-0.2, 0) is 20.8 Å². The molecule has 0 radical (unpaired) electrons. The van der Waals surface area contributed by atoms with Gasteiger partial charge in [-0.15, -0.1) is 0 Å². The molecule has 0 spiro atoms. The van der Waals surface area contributed by atoms with E-state index in [9.17, 15) is 14.4 Å². The molecule has 174 valence electrons. The molecular weight excluding hydrogens is 402 g/mol. The fourth-order valence-electron chi connectivity index (χ4n) is 6.07. The molecule has 2 N–H and O–H groups in total. The lowest BCUT2D eigenvalue weighted by Gasteiger charge is -2.41. The summed E-state index contributed by atoms with van der Waals surface area (Å²) in [7, 11) is 0. The molecule has 3 amide bonds. The first-order valence-electron chi connectivity index (χ1n) is 12.3. The predicted molar refractivity (Wildman–Crippen MR) is 124 cm³/mol. The quantitative estimate of drug-likeness (QED) is 0.764. The number of hydrogen-bond donors (Lipinski definition) is 1. The molecule has 1 aliphatic carbocycles. The van der Waals surface area contributed by atoms with Gasteiger partial charge in [-0.25, -0.2) is 0 Å². The molecule has 6 heteroatoms. The van der Waals surface area contributed by atoms with E-state index in [4.69, 9.17) is 5.73 Å². The van der Waals surface area contributed by atoms with Crippen LogP contribution in [0.4, 0.5) is 0 Å². The number of likely N-dealkylation sites (tertiary alicyclic amines) is 2. The van der Waals surface area contributed by atoms with E-state index in [1.54, 1.807) is 6.92 Å². The molecule has 2 heterocycles. The standard InChI is InChI=1S/C26H37N3O3/c1-19(30)29-14-6-10-22(18-29)23-11-5-4-9-21(23)17-26(25(27)32)12-15-28(16-13-26)24(31)20-7-2-3-8-20/h4-5,9,11,20,22H,2-3,6-8,10,12-18H2,1H3,(H2,27,32)/t22-/m0/s1. The molecule has 4 rings (SSSR count). The average Bonchev–Trinajstić information content (AvgIpc) is 3.34. The summed E-state index contributed by atoms with van der Waals surface area (Å²) in [6, 6.07) is 8.34. The van der Waals surface area contributed by atoms with Gasteiger partial charge in [-0.05, 0) is 56.1 Å². The molecule has 3 fully saturated rings. The molecule has 1 aromatic carbocycles. The minimum absolute atomic E-state index is 0.125. The molecule has 2 aliphatic heterocycles. The first kappa shape index (κ1) is 22.8. The van der Waals surface area contributed by atoms with E-state index in [1.165, 1.54) is 5.56 Å². The van der Waals surface area contributed by atoms with Gasteiger partial charge >= 0.3 is 0 Å². The molecule has 32 heavy (non-hydrogen) atoms. The second kappa shape index (κ2) is 9.63. The van der Waals surface area contributed by atoms with Crippen molar-refractivity contribution in [1.82, 2.24) is 9.80 Å². The fraction of sp³-hybridized carbons (Fsp3) is 0.654. The molecule has 1 saturated carbocycles. The summed E-state index contributed by atoms with van der Waals surface area (Å²) in [5, 5.41) is 0. The van der Waals surface area contributed by atoms with Gasteiger partial charge in [-0.1, -0.05) is 37.1 Å². The number of piperidine rings is 2. The topological polar surface area (TPSA) is 83.7 Å². The van der Waals surface area contributed by atoms with Crippen LogP contribution in [-0.4, -0.2) is 53.7 Å². The number of primary amides is 1. The van der Waals surface area contributed by atoms with Crippen molar-refractivity contribution < 1.29 is 14.4 Å². The number of nitrogens with two attached hydrogens (primary N) is 1. The van der Waals surface area contributed by atoms with Gasteiger partial charge in [0.1, 0.15) is 0 Å². The molecule has 1 atom stereocenters. The number of rotatable bonds is 5. The summed E-state index contributed by atoms with van der Waals surface area (Å²) < 4.78 is 0. The zero-order valence-electron chi connectivity index (χ0n) is 19.4. The van der Waals surface area contributed by atoms with Crippen LogP contribution < -0.4 is 5.73 Å². The summed E-state index contributed by atoms with van der Waals surface area (Å²) in [5.74, 6) is 0.604. The Kier molecular flexibility index (Phi) is 6.87. The number of carbonyl (C=O) groups is 3. The third kappa shape index (κ3) is 4.69. The Balaban J connectivity index is 1.49. The van der Waals surface area contributed by atoms with Crippen LogP contribution in [0.2, 0.25) is 0 Å². The fourth-order valence-corrected chi connectivity index (χ4v) is 6.07. The second-order valence-electron chi connectivity index (χ2n) is 10.1. The highest BCUT2D eigenvalue weighted by molar-refractivity contribution is 5.83. The van der Waals surface area contributed by atoms with Crippen LogP contribution in [0.15, 0.2) is 24.3 Å². The van der Waals surface area contributed by atoms with E-state index in [2.05, 4.69) is 12.1 Å². The molecule has 3 aliphatic rings. The van der Waals surface area contributed by atoms with Crippen LogP contribution in [0, 0.1) is 11.3 Å². The van der Waals surface area contributed by atoms with Crippen molar-refractivity contribution in [2.45, 2.75) is 70.6 Å². The Morgan fingerprint density at radius 2 is 1.66 bits per heavy atom. The Bertz CT molecular complexity index is 854. The Morgan fingerprint density at radius 1 is 0.969 bits per heavy atom. The third-order valence-electron chi connectivity index (χ3n) is 8.15. The average molecular weight is 440 g/mol. The van der Waals surface area contributed by atoms with E-state index >= 15 is 0 Å². The largest absolute Gasteiger partial charge is 0.369 e. The second-order valence-corrected chi connectivity index (χ2v) is 10.1. The van der Waals surface area contributed by atoms with Gasteiger partial charge in [0.25, 0.3) is 0 Å². The maximum absolute atomic E-state index is 12.9. The van der Waals surface area contributed by atoms with Crippen molar-refractivity contribution in [3.63, 3.8) is 0 Å². The van der Waals surface area contributed by atoms with Crippen molar-refractivity contribution in [1.29, 1.82) is 0 Å². The summed E-state index contributed by atoms with van der Waals surface area (Å²) in [6.07, 6.45) is 8.21. The number of nitrogens with zero attached hydrogens (tertiary/aromatic N) is 2. The highest BCUT2D eigenvalue weighted by Crippen LogP contribution is 2.39. The van der Waals surface area contributed by atoms with Gasteiger partial charge in [0.15, 0.2) is 0 Å². The van der Waals surface area contributed by atoms with Gasteiger partial charge in [0, 0.05) is 44.9 Å². The number of amides is 3. The van der Waals surface area contributed by atoms with Crippen LogP contribution in [0.5, 0.6) is 0 Å². The summed E-state index contributed by atoms with van der Waals surface area (Å²) in [4.78, 5) is 41.4. The summed E-state index contributed by atoms with van der Waals surface area (Å²) >= 11 is 0. The van der Waals surface area contributed by atoms with Gasteiger partial charge in [-0.2, -0.15) is 0 Å². The van der Waals surface area contributed by atoms with Crippen molar-refractivity contribution in [2.75, 3.05) is 26.2 Å². The van der Waals surface area contributed by atoms with Crippen molar-refractivity contribution in [2.24, 2.45) is 17.1 Å². The third-order valence-corrected chi connectivity index (χ3v) is 8.15. The monoisotopic (exact) mass is 439 g/mol. The molecule has 0 aromatic heterocycles. The number of carbonyl (C=O) groups excluding carboxylic acids is 3. The van der Waals surface area contributed by atoms with Gasteiger partial charge in [0.2, 0.25) is 17.7 Å². The van der Waals surface area contributed by atoms with E-state index < -0.39 is 5.41 Å². The van der Waals surface area contributed by atoms with E-state index in [-0.39, 0.29) is 29.6 Å². The van der Waals surface area contributed by atoms with Crippen molar-refractivity contribution >= 4 is 17.7 Å². The van der Waals surface area contributed by atoms with Crippen LogP contribution in [0.3, 0.4) is 0 Å². The summed E-state index contributed by atoms with van der Waals surface area (Å²) in [6.45, 7) is 4.42. The zero-order chi connectivity index (χ0) is 22.7. The Morgan fingerprint density at radius 3 is 2.31 bits per heavy atom. The Hall–Kier alpha value is -2.37. The Labute approximate surface area is 191 Å². The highest BCUT2D eigenvalue weighted by Gasteiger charge is 2.42. The van der Waals surface area contributed by atoms with Crippen molar-refractivity contribution in [3.05, 3.63) is 35.4 Å². The lowest BCUT2D eigenvalue weighted by atomic mass is 9.71. The lowest BCUT2D eigenvalue weighted by molar-refractivity contribution is -0.141. The maximum atomic E-state index is 12.9. The first-order valence-corrected chi connectivity index (χ1v) is 12.3. The van der Waals surface area contributed by atoms with E-state index in [1.807, 2.05) is 21.9 Å². The molecular formula is C26H37N3O3. The number of benzene rings is 1. The molecule has 0 bridgehead atoms. The molecule has 6 nitrogen and oxygen atoms in total. The smallest absolute Gasteiger partial charge is 0.225 e. The van der Waals surface area contributed by atoms with E-state index in [0.29, 0.717) is 32.4 Å². The van der Waals surface area contributed by atoms with Gasteiger partial charge < -0.3 is 15.5 Å². The maximum Gasteiger partial charge on any atom is 0.225 e. The van der Waals surface area contributed by atoms with E-state index in [0.717, 1.165) is 57.2 Å². The molecule has 0 unspecified atom stereocenters. The number of hydrogen-bond acceptors (Lipinski definition) is 3. The highest BCUT2D eigenvalue weighted by atomic mass is 16.2. The van der Waals surface area contributed by atoms with Crippen molar-refractivity contribution in [3.8, 4) is 0 Å². The van der Waals surface area contributed by atoms with Gasteiger partial charge in [-0.3, -0.25) is 14.4 Å².